The molecule has 6 heteroatoms. The van der Waals surface area contributed by atoms with Gasteiger partial charge in [0.05, 0.1) is 18.9 Å². The van der Waals surface area contributed by atoms with Crippen molar-refractivity contribution in [3.05, 3.63) is 18.2 Å². The van der Waals surface area contributed by atoms with E-state index in [9.17, 15) is 9.59 Å². The number of carbonyl (C=O) groups is 2. The number of piperazine rings is 1. The molecule has 0 bridgehead atoms. The molecule has 2 amide bonds. The molecule has 1 aliphatic rings. The number of nitrogens with one attached hydrogen (secondary N) is 1. The Bertz CT molecular complexity index is 544. The molecule has 1 fully saturated rings. The van der Waals surface area contributed by atoms with Crippen molar-refractivity contribution in [1.82, 2.24) is 5.32 Å². The number of hydrogen-bond acceptors (Lipinski definition) is 4. The number of amides is 2. The van der Waals surface area contributed by atoms with Crippen molar-refractivity contribution in [1.29, 1.82) is 0 Å². The van der Waals surface area contributed by atoms with Crippen LogP contribution in [0.15, 0.2) is 18.2 Å². The number of anilines is 1. The van der Waals surface area contributed by atoms with E-state index >= 15 is 0 Å². The van der Waals surface area contributed by atoms with Crippen LogP contribution in [0.1, 0.15) is 20.8 Å². The van der Waals surface area contributed by atoms with Crippen molar-refractivity contribution in [3.63, 3.8) is 0 Å². The molecule has 1 aromatic carbocycles. The van der Waals surface area contributed by atoms with Crippen molar-refractivity contribution in [2.75, 3.05) is 24.7 Å². The Morgan fingerprint density at radius 2 is 1.95 bits per heavy atom. The van der Waals surface area contributed by atoms with Crippen molar-refractivity contribution >= 4 is 17.5 Å². The van der Waals surface area contributed by atoms with Crippen LogP contribution in [-0.2, 0) is 9.59 Å². The highest BCUT2D eigenvalue weighted by molar-refractivity contribution is 6.07. The third-order valence-electron chi connectivity index (χ3n) is 3.15. The highest BCUT2D eigenvalue weighted by Gasteiger charge is 2.32. The van der Waals surface area contributed by atoms with E-state index in [1.807, 2.05) is 13.8 Å². The summed E-state index contributed by atoms with van der Waals surface area (Å²) in [5, 5.41) is 2.62. The highest BCUT2D eigenvalue weighted by atomic mass is 16.5. The van der Waals surface area contributed by atoms with Gasteiger partial charge >= 0.3 is 0 Å². The molecular formula is C15H20N2O4. The predicted molar refractivity (Wildman–Crippen MR) is 78.7 cm³/mol. The standard InChI is InChI=1S/C15H20N2O4/c1-4-20-11-6-7-13(21-5-2)12(8-11)17-9-14(18)16-10(3)15(17)19/h6-8,10H,4-5,9H2,1-3H3,(H,16,18). The Kier molecular flexibility index (Phi) is 4.67. The normalized spacial score (nSPS) is 18.4. The van der Waals surface area contributed by atoms with Gasteiger partial charge in [-0.15, -0.1) is 0 Å². The Morgan fingerprint density at radius 3 is 2.62 bits per heavy atom. The Morgan fingerprint density at radius 1 is 1.24 bits per heavy atom. The molecule has 1 atom stereocenters. The van der Waals surface area contributed by atoms with E-state index < -0.39 is 6.04 Å². The topological polar surface area (TPSA) is 67.9 Å². The van der Waals surface area contributed by atoms with Crippen molar-refractivity contribution < 1.29 is 19.1 Å². The smallest absolute Gasteiger partial charge is 0.249 e. The summed E-state index contributed by atoms with van der Waals surface area (Å²) in [5.74, 6) is 0.856. The first-order valence-electron chi connectivity index (χ1n) is 7.07. The lowest BCUT2D eigenvalue weighted by atomic mass is 10.1. The first-order valence-corrected chi connectivity index (χ1v) is 7.07. The van der Waals surface area contributed by atoms with E-state index in [1.54, 1.807) is 25.1 Å². The summed E-state index contributed by atoms with van der Waals surface area (Å²) in [6.45, 7) is 6.41. The fourth-order valence-electron chi connectivity index (χ4n) is 2.25. The quantitative estimate of drug-likeness (QED) is 0.889. The summed E-state index contributed by atoms with van der Waals surface area (Å²) in [6.07, 6.45) is 0. The Labute approximate surface area is 124 Å². The van der Waals surface area contributed by atoms with Gasteiger partial charge in [-0.3, -0.25) is 14.5 Å². The van der Waals surface area contributed by atoms with E-state index in [-0.39, 0.29) is 18.4 Å². The van der Waals surface area contributed by atoms with Gasteiger partial charge in [0.15, 0.2) is 0 Å². The highest BCUT2D eigenvalue weighted by Crippen LogP contribution is 2.33. The van der Waals surface area contributed by atoms with Crippen LogP contribution in [0, 0.1) is 0 Å². The van der Waals surface area contributed by atoms with Gasteiger partial charge in [0, 0.05) is 6.07 Å². The number of carbonyl (C=O) groups excluding carboxylic acids is 2. The molecule has 1 aliphatic heterocycles. The molecule has 1 N–H and O–H groups in total. The molecule has 21 heavy (non-hydrogen) atoms. The SMILES string of the molecule is CCOc1ccc(OCC)c(N2CC(=O)NC(C)C2=O)c1. The molecule has 1 aromatic rings. The van der Waals surface area contributed by atoms with Gasteiger partial charge in [0.1, 0.15) is 24.1 Å². The molecule has 1 saturated heterocycles. The summed E-state index contributed by atoms with van der Waals surface area (Å²) in [6, 6.07) is 4.73. The zero-order valence-corrected chi connectivity index (χ0v) is 12.5. The molecule has 1 heterocycles. The average Bonchev–Trinajstić information content (AvgIpc) is 2.45. The molecule has 2 rings (SSSR count). The van der Waals surface area contributed by atoms with Gasteiger partial charge in [-0.25, -0.2) is 0 Å². The van der Waals surface area contributed by atoms with E-state index in [2.05, 4.69) is 5.32 Å². The van der Waals surface area contributed by atoms with Gasteiger partial charge in [0.2, 0.25) is 11.8 Å². The second-order valence-electron chi connectivity index (χ2n) is 4.71. The fraction of sp³-hybridized carbons (Fsp3) is 0.467. The zero-order chi connectivity index (χ0) is 15.4. The van der Waals surface area contributed by atoms with Crippen LogP contribution in [0.2, 0.25) is 0 Å². The maximum absolute atomic E-state index is 12.3. The molecule has 0 spiro atoms. The number of benzene rings is 1. The molecular weight excluding hydrogens is 272 g/mol. The van der Waals surface area contributed by atoms with E-state index in [4.69, 9.17) is 9.47 Å². The molecule has 6 nitrogen and oxygen atoms in total. The number of rotatable bonds is 5. The van der Waals surface area contributed by atoms with Crippen molar-refractivity contribution in [2.45, 2.75) is 26.8 Å². The van der Waals surface area contributed by atoms with Crippen LogP contribution in [0.25, 0.3) is 0 Å². The fourth-order valence-corrected chi connectivity index (χ4v) is 2.25. The minimum absolute atomic E-state index is 0.0151. The Hall–Kier alpha value is -2.24. The van der Waals surface area contributed by atoms with Crippen LogP contribution in [0.3, 0.4) is 0 Å². The largest absolute Gasteiger partial charge is 0.494 e. The average molecular weight is 292 g/mol. The molecule has 0 aliphatic carbocycles. The summed E-state index contributed by atoms with van der Waals surface area (Å²) in [4.78, 5) is 25.5. The van der Waals surface area contributed by atoms with Gasteiger partial charge in [-0.1, -0.05) is 0 Å². The van der Waals surface area contributed by atoms with E-state index in [0.717, 1.165) is 0 Å². The number of hydrogen-bond donors (Lipinski definition) is 1. The summed E-state index contributed by atoms with van der Waals surface area (Å²) < 4.78 is 11.0. The second kappa shape index (κ2) is 6.47. The molecule has 1 unspecified atom stereocenters. The van der Waals surface area contributed by atoms with Gasteiger partial charge in [-0.05, 0) is 32.9 Å². The monoisotopic (exact) mass is 292 g/mol. The van der Waals surface area contributed by atoms with Crippen LogP contribution in [-0.4, -0.2) is 37.6 Å². The predicted octanol–water partition coefficient (Wildman–Crippen LogP) is 1.34. The van der Waals surface area contributed by atoms with Gasteiger partial charge < -0.3 is 14.8 Å². The summed E-state index contributed by atoms with van der Waals surface area (Å²) >= 11 is 0. The summed E-state index contributed by atoms with van der Waals surface area (Å²) in [7, 11) is 0. The van der Waals surface area contributed by atoms with Gasteiger partial charge in [-0.2, -0.15) is 0 Å². The van der Waals surface area contributed by atoms with Crippen molar-refractivity contribution in [3.8, 4) is 11.5 Å². The Balaban J connectivity index is 2.40. The van der Waals surface area contributed by atoms with Crippen LogP contribution < -0.4 is 19.7 Å². The van der Waals surface area contributed by atoms with E-state index in [1.165, 1.54) is 4.90 Å². The van der Waals surface area contributed by atoms with Crippen LogP contribution in [0.5, 0.6) is 11.5 Å². The molecule has 0 aromatic heterocycles. The third-order valence-corrected chi connectivity index (χ3v) is 3.15. The van der Waals surface area contributed by atoms with E-state index in [0.29, 0.717) is 30.4 Å². The summed E-state index contributed by atoms with van der Waals surface area (Å²) in [5.41, 5.74) is 0.564. The minimum Gasteiger partial charge on any atom is -0.494 e. The number of ether oxygens (including phenoxy) is 2. The van der Waals surface area contributed by atoms with Crippen molar-refractivity contribution in [2.24, 2.45) is 0 Å². The lowest BCUT2D eigenvalue weighted by Gasteiger charge is -2.32. The second-order valence-corrected chi connectivity index (χ2v) is 4.71. The number of nitrogens with zero attached hydrogens (tertiary/aromatic N) is 1. The third kappa shape index (κ3) is 3.26. The van der Waals surface area contributed by atoms with Gasteiger partial charge in [0.25, 0.3) is 0 Å². The maximum Gasteiger partial charge on any atom is 0.249 e. The first-order chi connectivity index (χ1) is 10.1. The van der Waals surface area contributed by atoms with Crippen LogP contribution in [0.4, 0.5) is 5.69 Å². The lowest BCUT2D eigenvalue weighted by molar-refractivity contribution is -0.130. The zero-order valence-electron chi connectivity index (χ0n) is 12.5. The molecule has 114 valence electrons. The van der Waals surface area contributed by atoms with Crippen LogP contribution >= 0.6 is 0 Å². The lowest BCUT2D eigenvalue weighted by Crippen LogP contribution is -2.57. The maximum atomic E-state index is 12.3. The molecule has 0 saturated carbocycles. The first kappa shape index (κ1) is 15.2. The molecule has 0 radical (unpaired) electrons. The minimum atomic E-state index is -0.545.